The third-order valence-electron chi connectivity index (χ3n) is 3.03. The van der Waals surface area contributed by atoms with Gasteiger partial charge in [0.15, 0.2) is 0 Å². The fourth-order valence-electron chi connectivity index (χ4n) is 1.47. The molecule has 0 bridgehead atoms. The lowest BCUT2D eigenvalue weighted by molar-refractivity contribution is 0.0473. The number of aliphatic hydroxyl groups excluding tert-OH is 1. The SMILES string of the molecule is CCNc1ncc(F)cc1C(=O)N(C)C(C)(C)CO. The average Bonchev–Trinajstić information content (AvgIpc) is 2.39. The van der Waals surface area contributed by atoms with E-state index in [1.165, 1.54) is 4.90 Å². The van der Waals surface area contributed by atoms with Crippen LogP contribution >= 0.6 is 0 Å². The van der Waals surface area contributed by atoms with E-state index in [1.807, 2.05) is 6.92 Å². The van der Waals surface area contributed by atoms with Crippen molar-refractivity contribution in [1.29, 1.82) is 0 Å². The summed E-state index contributed by atoms with van der Waals surface area (Å²) in [4.78, 5) is 17.6. The highest BCUT2D eigenvalue weighted by atomic mass is 19.1. The number of rotatable bonds is 5. The van der Waals surface area contributed by atoms with Crippen molar-refractivity contribution in [3.8, 4) is 0 Å². The molecule has 0 aliphatic heterocycles. The average molecular weight is 269 g/mol. The van der Waals surface area contributed by atoms with Gasteiger partial charge >= 0.3 is 0 Å². The number of hydrogen-bond donors (Lipinski definition) is 2. The molecule has 0 unspecified atom stereocenters. The molecule has 5 nitrogen and oxygen atoms in total. The van der Waals surface area contributed by atoms with Gasteiger partial charge < -0.3 is 15.3 Å². The molecule has 1 heterocycles. The second kappa shape index (κ2) is 5.97. The first kappa shape index (κ1) is 15.4. The number of carbonyl (C=O) groups excluding carboxylic acids is 1. The van der Waals surface area contributed by atoms with Crippen LogP contribution in [0, 0.1) is 5.82 Å². The Morgan fingerprint density at radius 3 is 2.74 bits per heavy atom. The first-order valence-electron chi connectivity index (χ1n) is 6.12. The summed E-state index contributed by atoms with van der Waals surface area (Å²) in [5.74, 6) is -0.614. The molecule has 1 aromatic heterocycles. The fraction of sp³-hybridized carbons (Fsp3) is 0.538. The minimum atomic E-state index is -0.729. The predicted molar refractivity (Wildman–Crippen MR) is 71.6 cm³/mol. The van der Waals surface area contributed by atoms with Gasteiger partial charge in [-0.05, 0) is 26.8 Å². The molecule has 0 aliphatic carbocycles. The molecular formula is C13H20FN3O2. The second-order valence-electron chi connectivity index (χ2n) is 4.91. The summed E-state index contributed by atoms with van der Waals surface area (Å²) in [6, 6.07) is 1.15. The molecule has 0 spiro atoms. The van der Waals surface area contributed by atoms with Crippen molar-refractivity contribution in [2.45, 2.75) is 26.3 Å². The normalized spacial score (nSPS) is 11.3. The standard InChI is InChI=1S/C13H20FN3O2/c1-5-15-11-10(6-9(14)7-16-11)12(19)17(4)13(2,3)8-18/h6-7,18H,5,8H2,1-4H3,(H,15,16). The number of aliphatic hydroxyl groups is 1. The van der Waals surface area contributed by atoms with Crippen LogP contribution in [0.3, 0.4) is 0 Å². The quantitative estimate of drug-likeness (QED) is 0.850. The van der Waals surface area contributed by atoms with Crippen LogP contribution in [-0.2, 0) is 0 Å². The summed E-state index contributed by atoms with van der Waals surface area (Å²) in [6.07, 6.45) is 1.06. The third-order valence-corrected chi connectivity index (χ3v) is 3.03. The molecule has 19 heavy (non-hydrogen) atoms. The molecule has 0 aromatic carbocycles. The maximum Gasteiger partial charge on any atom is 0.257 e. The number of carbonyl (C=O) groups is 1. The number of aromatic nitrogens is 1. The van der Waals surface area contributed by atoms with Crippen LogP contribution in [0.4, 0.5) is 10.2 Å². The Morgan fingerprint density at radius 2 is 2.21 bits per heavy atom. The largest absolute Gasteiger partial charge is 0.394 e. The molecule has 1 rings (SSSR count). The van der Waals surface area contributed by atoms with E-state index in [-0.39, 0.29) is 18.1 Å². The first-order chi connectivity index (χ1) is 8.83. The topological polar surface area (TPSA) is 65.5 Å². The highest BCUT2D eigenvalue weighted by Crippen LogP contribution is 2.20. The van der Waals surface area contributed by atoms with E-state index >= 15 is 0 Å². The number of likely N-dealkylation sites (N-methyl/N-ethyl adjacent to an activating group) is 1. The number of anilines is 1. The molecular weight excluding hydrogens is 249 g/mol. The summed E-state index contributed by atoms with van der Waals surface area (Å²) in [5, 5.41) is 12.2. The van der Waals surface area contributed by atoms with E-state index < -0.39 is 11.4 Å². The molecule has 0 fully saturated rings. The summed E-state index contributed by atoms with van der Waals surface area (Å²) in [6.45, 7) is 5.70. The minimum Gasteiger partial charge on any atom is -0.394 e. The van der Waals surface area contributed by atoms with E-state index in [4.69, 9.17) is 0 Å². The van der Waals surface area contributed by atoms with Crippen molar-refractivity contribution >= 4 is 11.7 Å². The van der Waals surface area contributed by atoms with Crippen LogP contribution in [0.5, 0.6) is 0 Å². The maximum atomic E-state index is 13.3. The number of nitrogens with one attached hydrogen (secondary N) is 1. The van der Waals surface area contributed by atoms with E-state index in [1.54, 1.807) is 20.9 Å². The number of amides is 1. The summed E-state index contributed by atoms with van der Waals surface area (Å²) in [5.41, 5.74) is -0.571. The van der Waals surface area contributed by atoms with Crippen LogP contribution in [0.1, 0.15) is 31.1 Å². The summed E-state index contributed by atoms with van der Waals surface area (Å²) >= 11 is 0. The van der Waals surface area contributed by atoms with Gasteiger partial charge in [0, 0.05) is 13.6 Å². The Kier molecular flexibility index (Phi) is 4.83. The molecule has 0 atom stereocenters. The lowest BCUT2D eigenvalue weighted by Crippen LogP contribution is -2.47. The lowest BCUT2D eigenvalue weighted by Gasteiger charge is -2.34. The van der Waals surface area contributed by atoms with Crippen LogP contribution in [0.15, 0.2) is 12.3 Å². The number of hydrogen-bond acceptors (Lipinski definition) is 4. The van der Waals surface area contributed by atoms with Crippen LogP contribution in [-0.4, -0.2) is 46.6 Å². The Balaban J connectivity index is 3.14. The van der Waals surface area contributed by atoms with E-state index in [9.17, 15) is 14.3 Å². The third kappa shape index (κ3) is 3.41. The van der Waals surface area contributed by atoms with Gasteiger partial charge in [0.05, 0.1) is 23.9 Å². The molecule has 1 aromatic rings. The summed E-state index contributed by atoms with van der Waals surface area (Å²) in [7, 11) is 1.57. The maximum absolute atomic E-state index is 13.3. The van der Waals surface area contributed by atoms with E-state index in [2.05, 4.69) is 10.3 Å². The molecule has 106 valence electrons. The van der Waals surface area contributed by atoms with Gasteiger partial charge in [0.1, 0.15) is 11.6 Å². The Bertz CT molecular complexity index is 463. The molecule has 2 N–H and O–H groups in total. The van der Waals surface area contributed by atoms with Crippen LogP contribution < -0.4 is 5.32 Å². The molecule has 0 radical (unpaired) electrons. The zero-order chi connectivity index (χ0) is 14.6. The van der Waals surface area contributed by atoms with E-state index in [0.717, 1.165) is 12.3 Å². The van der Waals surface area contributed by atoms with Gasteiger partial charge in [0.25, 0.3) is 5.91 Å². The fourth-order valence-corrected chi connectivity index (χ4v) is 1.47. The molecule has 6 heteroatoms. The van der Waals surface area contributed by atoms with E-state index in [0.29, 0.717) is 12.4 Å². The monoisotopic (exact) mass is 269 g/mol. The molecule has 0 saturated carbocycles. The van der Waals surface area contributed by atoms with Gasteiger partial charge in [-0.2, -0.15) is 0 Å². The van der Waals surface area contributed by atoms with Crippen molar-refractivity contribution in [3.63, 3.8) is 0 Å². The number of pyridine rings is 1. The zero-order valence-corrected chi connectivity index (χ0v) is 11.7. The van der Waals surface area contributed by atoms with Gasteiger partial charge in [-0.25, -0.2) is 9.37 Å². The van der Waals surface area contributed by atoms with Crippen molar-refractivity contribution in [1.82, 2.24) is 9.88 Å². The van der Waals surface area contributed by atoms with Crippen molar-refractivity contribution in [2.75, 3.05) is 25.5 Å². The van der Waals surface area contributed by atoms with Crippen molar-refractivity contribution in [3.05, 3.63) is 23.6 Å². The van der Waals surface area contributed by atoms with Crippen molar-refractivity contribution < 1.29 is 14.3 Å². The Morgan fingerprint density at radius 1 is 1.58 bits per heavy atom. The molecule has 0 aliphatic rings. The van der Waals surface area contributed by atoms with Crippen LogP contribution in [0.25, 0.3) is 0 Å². The minimum absolute atomic E-state index is 0.158. The highest BCUT2D eigenvalue weighted by Gasteiger charge is 2.29. The smallest absolute Gasteiger partial charge is 0.257 e. The highest BCUT2D eigenvalue weighted by molar-refractivity contribution is 5.99. The zero-order valence-electron chi connectivity index (χ0n) is 11.7. The summed E-state index contributed by atoms with van der Waals surface area (Å²) < 4.78 is 13.3. The second-order valence-corrected chi connectivity index (χ2v) is 4.91. The lowest BCUT2D eigenvalue weighted by atomic mass is 10.0. The van der Waals surface area contributed by atoms with Gasteiger partial charge in [-0.1, -0.05) is 0 Å². The van der Waals surface area contributed by atoms with Gasteiger partial charge in [-0.15, -0.1) is 0 Å². The molecule has 1 amide bonds. The number of halogens is 1. The van der Waals surface area contributed by atoms with Gasteiger partial charge in [0.2, 0.25) is 0 Å². The molecule has 0 saturated heterocycles. The Hall–Kier alpha value is -1.69. The predicted octanol–water partition coefficient (Wildman–Crippen LogP) is 1.50. The van der Waals surface area contributed by atoms with Crippen molar-refractivity contribution in [2.24, 2.45) is 0 Å². The Labute approximate surface area is 112 Å². The first-order valence-corrected chi connectivity index (χ1v) is 6.12. The van der Waals surface area contributed by atoms with Crippen LogP contribution in [0.2, 0.25) is 0 Å². The number of nitrogens with zero attached hydrogens (tertiary/aromatic N) is 2. The van der Waals surface area contributed by atoms with Gasteiger partial charge in [-0.3, -0.25) is 4.79 Å².